The summed E-state index contributed by atoms with van der Waals surface area (Å²) in [6.07, 6.45) is 6.83. The maximum Gasteiger partial charge on any atom is 0.263 e. The van der Waals surface area contributed by atoms with Crippen LogP contribution >= 0.6 is 11.6 Å². The zero-order chi connectivity index (χ0) is 28.1. The third-order valence-corrected chi connectivity index (χ3v) is 7.07. The number of halogens is 2. The zero-order valence-corrected chi connectivity index (χ0v) is 22.8. The van der Waals surface area contributed by atoms with Gasteiger partial charge in [-0.2, -0.15) is 0 Å². The first-order valence-electron chi connectivity index (χ1n) is 12.6. The van der Waals surface area contributed by atoms with Gasteiger partial charge >= 0.3 is 0 Å². The molecule has 1 saturated carbocycles. The van der Waals surface area contributed by atoms with E-state index >= 15 is 0 Å². The molecule has 0 unspecified atom stereocenters. The molecular weight excluding hydrogens is 523 g/mol. The minimum absolute atomic E-state index is 0.0403. The molecular formula is C29H28ClFN4O4. The van der Waals surface area contributed by atoms with Crippen LogP contribution in [0.25, 0.3) is 11.5 Å². The first-order chi connectivity index (χ1) is 18.4. The highest BCUT2D eigenvalue weighted by Crippen LogP contribution is 2.40. The van der Waals surface area contributed by atoms with Gasteiger partial charge in [-0.1, -0.05) is 11.6 Å². The van der Waals surface area contributed by atoms with Crippen LogP contribution in [0.3, 0.4) is 0 Å². The molecule has 0 atom stereocenters. The Labute approximate surface area is 229 Å². The first kappa shape index (κ1) is 26.8. The van der Waals surface area contributed by atoms with Gasteiger partial charge in [0, 0.05) is 42.5 Å². The van der Waals surface area contributed by atoms with Gasteiger partial charge in [0.05, 0.1) is 21.9 Å². The predicted molar refractivity (Wildman–Crippen MR) is 146 cm³/mol. The number of ether oxygens (including phenoxy) is 1. The summed E-state index contributed by atoms with van der Waals surface area (Å²) in [5.41, 5.74) is 0.544. The fourth-order valence-electron chi connectivity index (χ4n) is 4.57. The molecule has 4 aromatic heterocycles. The molecule has 202 valence electrons. The Hall–Kier alpha value is -3.82. The zero-order valence-electron chi connectivity index (χ0n) is 22.0. The number of aliphatic hydroxyl groups is 1. The topological polar surface area (TPSA) is 99.2 Å². The highest BCUT2D eigenvalue weighted by molar-refractivity contribution is 6.31. The fourth-order valence-corrected chi connectivity index (χ4v) is 4.93. The second-order valence-electron chi connectivity index (χ2n) is 10.4. The van der Waals surface area contributed by atoms with Gasteiger partial charge in [0.15, 0.2) is 0 Å². The van der Waals surface area contributed by atoms with Crippen LogP contribution in [0.4, 0.5) is 4.39 Å². The summed E-state index contributed by atoms with van der Waals surface area (Å²) in [5, 5.41) is 10.6. The third kappa shape index (κ3) is 5.37. The second kappa shape index (κ2) is 10.1. The van der Waals surface area contributed by atoms with Crippen LogP contribution in [-0.4, -0.2) is 24.2 Å². The normalized spacial score (nSPS) is 13.5. The molecule has 1 fully saturated rings. The van der Waals surface area contributed by atoms with Crippen LogP contribution in [0.2, 0.25) is 5.02 Å². The van der Waals surface area contributed by atoms with Gasteiger partial charge in [-0.25, -0.2) is 9.37 Å². The molecule has 4 aromatic rings. The van der Waals surface area contributed by atoms with Crippen molar-refractivity contribution in [3.05, 3.63) is 109 Å². The van der Waals surface area contributed by atoms with Crippen LogP contribution in [0, 0.1) is 19.7 Å². The lowest BCUT2D eigenvalue weighted by molar-refractivity contribution is 0.0769. The van der Waals surface area contributed by atoms with Crippen molar-refractivity contribution in [1.82, 2.24) is 19.1 Å². The number of hydrogen-bond acceptors (Lipinski definition) is 6. The lowest BCUT2D eigenvalue weighted by atomic mass is 10.00. The highest BCUT2D eigenvalue weighted by Gasteiger charge is 2.26. The molecule has 4 heterocycles. The number of nitrogens with zero attached hydrogens (tertiary/aromatic N) is 4. The van der Waals surface area contributed by atoms with E-state index in [9.17, 15) is 19.1 Å². The van der Waals surface area contributed by atoms with Crippen LogP contribution in [0.5, 0.6) is 5.75 Å². The van der Waals surface area contributed by atoms with E-state index in [2.05, 4.69) is 9.97 Å². The minimum Gasteiger partial charge on any atom is -0.487 e. The van der Waals surface area contributed by atoms with Crippen molar-refractivity contribution in [1.29, 1.82) is 0 Å². The summed E-state index contributed by atoms with van der Waals surface area (Å²) in [6, 6.07) is 7.64. The van der Waals surface area contributed by atoms with E-state index in [1.54, 1.807) is 38.4 Å². The number of aryl methyl sites for hydroxylation is 2. The molecule has 0 amide bonds. The van der Waals surface area contributed by atoms with Crippen molar-refractivity contribution in [3.8, 4) is 17.3 Å². The summed E-state index contributed by atoms with van der Waals surface area (Å²) in [4.78, 5) is 35.0. The SMILES string of the molecule is Cc1cnc(-n2ccc(Cl)c(C(C)(C)O)c2=O)cc1-n1c(C)cc(OCc2ncc(C3CC3)cc2F)cc1=O. The van der Waals surface area contributed by atoms with E-state index < -0.39 is 17.0 Å². The lowest BCUT2D eigenvalue weighted by Gasteiger charge is -2.20. The van der Waals surface area contributed by atoms with E-state index in [0.717, 1.165) is 18.4 Å². The largest absolute Gasteiger partial charge is 0.487 e. The van der Waals surface area contributed by atoms with Gasteiger partial charge in [-0.05, 0) is 69.7 Å². The molecule has 1 aliphatic rings. The van der Waals surface area contributed by atoms with Gasteiger partial charge in [-0.15, -0.1) is 0 Å². The molecule has 0 saturated heterocycles. The van der Waals surface area contributed by atoms with Crippen LogP contribution in [0.15, 0.2) is 58.5 Å². The summed E-state index contributed by atoms with van der Waals surface area (Å²) in [7, 11) is 0. The molecule has 8 nitrogen and oxygen atoms in total. The van der Waals surface area contributed by atoms with Gasteiger partial charge < -0.3 is 9.84 Å². The third-order valence-electron chi connectivity index (χ3n) is 6.75. The lowest BCUT2D eigenvalue weighted by Crippen LogP contribution is -2.32. The Morgan fingerprint density at radius 3 is 2.51 bits per heavy atom. The maximum atomic E-state index is 14.5. The minimum atomic E-state index is -1.47. The fraction of sp³-hybridized carbons (Fsp3) is 0.310. The van der Waals surface area contributed by atoms with E-state index in [4.69, 9.17) is 16.3 Å². The van der Waals surface area contributed by atoms with Crippen LogP contribution in [-0.2, 0) is 12.2 Å². The smallest absolute Gasteiger partial charge is 0.263 e. The monoisotopic (exact) mass is 550 g/mol. The Bertz CT molecular complexity index is 1700. The summed E-state index contributed by atoms with van der Waals surface area (Å²) < 4.78 is 23.0. The summed E-state index contributed by atoms with van der Waals surface area (Å²) in [6.45, 7) is 6.40. The highest BCUT2D eigenvalue weighted by atomic mass is 35.5. The molecule has 39 heavy (non-hydrogen) atoms. The number of hydrogen-bond donors (Lipinski definition) is 1. The van der Waals surface area contributed by atoms with Crippen molar-refractivity contribution in [3.63, 3.8) is 0 Å². The number of rotatable bonds is 7. The van der Waals surface area contributed by atoms with Crippen molar-refractivity contribution in [2.45, 2.75) is 58.7 Å². The molecule has 0 radical (unpaired) electrons. The summed E-state index contributed by atoms with van der Waals surface area (Å²) in [5.74, 6) is 0.522. The molecule has 10 heteroatoms. The van der Waals surface area contributed by atoms with Crippen LogP contribution in [0.1, 0.15) is 60.7 Å². The molecule has 5 rings (SSSR count). The number of pyridine rings is 4. The van der Waals surface area contributed by atoms with Crippen molar-refractivity contribution < 1.29 is 14.2 Å². The van der Waals surface area contributed by atoms with Crippen molar-refractivity contribution in [2.24, 2.45) is 0 Å². The van der Waals surface area contributed by atoms with Gasteiger partial charge in [-0.3, -0.25) is 23.7 Å². The van der Waals surface area contributed by atoms with Gasteiger partial charge in [0.2, 0.25) is 0 Å². The van der Waals surface area contributed by atoms with Gasteiger partial charge in [0.25, 0.3) is 11.1 Å². The maximum absolute atomic E-state index is 14.5. The van der Waals surface area contributed by atoms with Crippen LogP contribution < -0.4 is 15.9 Å². The molecule has 0 aliphatic heterocycles. The van der Waals surface area contributed by atoms with E-state index in [1.165, 1.54) is 47.4 Å². The Morgan fingerprint density at radius 2 is 1.87 bits per heavy atom. The molecule has 0 aromatic carbocycles. The predicted octanol–water partition coefficient (Wildman–Crippen LogP) is 4.87. The Kier molecular flexibility index (Phi) is 6.90. The molecule has 1 N–H and O–H groups in total. The van der Waals surface area contributed by atoms with Crippen molar-refractivity contribution >= 4 is 11.6 Å². The molecule has 1 aliphatic carbocycles. The first-order valence-corrected chi connectivity index (χ1v) is 12.9. The average molecular weight is 551 g/mol. The van der Waals surface area contributed by atoms with E-state index in [1.807, 2.05) is 0 Å². The quantitative estimate of drug-likeness (QED) is 0.352. The van der Waals surface area contributed by atoms with E-state index in [0.29, 0.717) is 22.9 Å². The Morgan fingerprint density at radius 1 is 1.13 bits per heavy atom. The average Bonchev–Trinajstić information content (AvgIpc) is 3.69. The van der Waals surface area contributed by atoms with Crippen molar-refractivity contribution in [2.75, 3.05) is 0 Å². The molecule has 0 spiro atoms. The van der Waals surface area contributed by atoms with Gasteiger partial charge in [0.1, 0.15) is 29.7 Å². The standard InChI is InChI=1S/C29H28ClFN4O4/c1-16-13-33-25(34-8-7-21(30)27(28(34)37)29(3,4)38)12-24(16)35-17(2)9-20(11-26(35)36)39-15-23-22(31)10-19(14-32-23)18-5-6-18/h7-14,18,38H,5-6,15H2,1-4H3. The molecule has 0 bridgehead atoms. The summed E-state index contributed by atoms with van der Waals surface area (Å²) >= 11 is 6.20. The number of aromatic nitrogens is 4. The van der Waals surface area contributed by atoms with E-state index in [-0.39, 0.29) is 40.0 Å². The Balaban J connectivity index is 1.46. The second-order valence-corrected chi connectivity index (χ2v) is 10.8.